The summed E-state index contributed by atoms with van der Waals surface area (Å²) in [6, 6.07) is 9.35. The highest BCUT2D eigenvalue weighted by atomic mass is 19.1. The lowest BCUT2D eigenvalue weighted by Crippen LogP contribution is -2.39. The third-order valence-electron chi connectivity index (χ3n) is 5.78. The van der Waals surface area contributed by atoms with E-state index in [1.165, 1.54) is 6.33 Å². The Bertz CT molecular complexity index is 1130. The number of carbonyl (C=O) groups is 1. The number of nitrogens with zero attached hydrogens (tertiary/aromatic N) is 4. The number of pyridine rings is 1. The van der Waals surface area contributed by atoms with E-state index in [0.717, 1.165) is 29.3 Å². The highest BCUT2D eigenvalue weighted by molar-refractivity contribution is 5.83. The molecule has 4 rings (SSSR count). The number of rotatable bonds is 6. The first-order chi connectivity index (χ1) is 15.2. The zero-order valence-electron chi connectivity index (χ0n) is 18.7. The maximum absolute atomic E-state index is 15.5. The zero-order chi connectivity index (χ0) is 22.9. The predicted molar refractivity (Wildman–Crippen MR) is 124 cm³/mol. The molecule has 1 saturated heterocycles. The smallest absolute Gasteiger partial charge is 0.239 e. The molecule has 3 N–H and O–H groups in total. The van der Waals surface area contributed by atoms with E-state index in [-0.39, 0.29) is 23.1 Å². The maximum atomic E-state index is 15.5. The van der Waals surface area contributed by atoms with Crippen LogP contribution in [0.3, 0.4) is 0 Å². The Morgan fingerprint density at radius 2 is 2.09 bits per heavy atom. The number of halogens is 1. The molecule has 7 nitrogen and oxygen atoms in total. The summed E-state index contributed by atoms with van der Waals surface area (Å²) in [5, 5.41) is 3.96. The molecule has 0 spiro atoms. The van der Waals surface area contributed by atoms with Gasteiger partial charge in [0.05, 0.1) is 11.6 Å². The Balaban J connectivity index is 1.63. The first kappa shape index (κ1) is 21.9. The number of anilines is 2. The average Bonchev–Trinajstić information content (AvgIpc) is 3.23. The number of nitrogens with two attached hydrogens (primary N) is 1. The summed E-state index contributed by atoms with van der Waals surface area (Å²) in [7, 11) is 0. The number of aromatic nitrogens is 3. The van der Waals surface area contributed by atoms with Crippen molar-refractivity contribution in [3.05, 3.63) is 54.2 Å². The highest BCUT2D eigenvalue weighted by Gasteiger charge is 2.31. The fraction of sp³-hybridized carbons (Fsp3) is 0.417. The van der Waals surface area contributed by atoms with Crippen LogP contribution in [0, 0.1) is 11.2 Å². The van der Waals surface area contributed by atoms with Gasteiger partial charge in [0.25, 0.3) is 0 Å². The number of fused-ring (bicyclic) bond motifs is 1. The molecule has 0 aliphatic carbocycles. The van der Waals surface area contributed by atoms with E-state index < -0.39 is 17.8 Å². The number of primary amides is 1. The molecule has 1 fully saturated rings. The van der Waals surface area contributed by atoms with Crippen LogP contribution in [0.15, 0.2) is 42.9 Å². The first-order valence-corrected chi connectivity index (χ1v) is 10.9. The van der Waals surface area contributed by atoms with E-state index in [4.69, 9.17) is 5.73 Å². The Morgan fingerprint density at radius 1 is 1.28 bits per heavy atom. The topological polar surface area (TPSA) is 97.0 Å². The summed E-state index contributed by atoms with van der Waals surface area (Å²) in [5.74, 6) is -0.878. The Labute approximate surface area is 187 Å². The maximum Gasteiger partial charge on any atom is 0.239 e. The Morgan fingerprint density at radius 3 is 2.84 bits per heavy atom. The molecular weight excluding hydrogens is 407 g/mol. The van der Waals surface area contributed by atoms with Crippen LogP contribution in [0.5, 0.6) is 0 Å². The molecule has 1 aliphatic heterocycles. The van der Waals surface area contributed by atoms with Crippen molar-refractivity contribution in [3.63, 3.8) is 0 Å². The minimum absolute atomic E-state index is 0.00151. The molecule has 1 aromatic carbocycles. The molecule has 3 aromatic rings. The Hall–Kier alpha value is -3.29. The van der Waals surface area contributed by atoms with E-state index in [1.54, 1.807) is 6.20 Å². The van der Waals surface area contributed by atoms with Crippen LogP contribution in [0.4, 0.5) is 16.0 Å². The summed E-state index contributed by atoms with van der Waals surface area (Å²) >= 11 is 0. The highest BCUT2D eigenvalue weighted by Crippen LogP contribution is 2.38. The van der Waals surface area contributed by atoms with Gasteiger partial charge in [-0.15, -0.1) is 0 Å². The lowest BCUT2D eigenvalue weighted by molar-refractivity contribution is -0.119. The molecule has 2 atom stereocenters. The second-order valence-corrected chi connectivity index (χ2v) is 9.53. The van der Waals surface area contributed by atoms with Crippen LogP contribution in [0.25, 0.3) is 10.9 Å². The van der Waals surface area contributed by atoms with Gasteiger partial charge in [-0.1, -0.05) is 32.9 Å². The number of carbonyl (C=O) groups excluding carboxylic acids is 1. The van der Waals surface area contributed by atoms with E-state index in [1.807, 2.05) is 49.9 Å². The summed E-state index contributed by atoms with van der Waals surface area (Å²) in [5.41, 5.74) is 7.42. The van der Waals surface area contributed by atoms with Crippen molar-refractivity contribution in [3.8, 4) is 0 Å². The van der Waals surface area contributed by atoms with Crippen LogP contribution in [0.2, 0.25) is 0 Å². The van der Waals surface area contributed by atoms with Crippen molar-refractivity contribution in [2.75, 3.05) is 16.8 Å². The molecule has 8 heteroatoms. The molecule has 1 amide bonds. The molecule has 2 aromatic heterocycles. The molecule has 32 heavy (non-hydrogen) atoms. The van der Waals surface area contributed by atoms with Gasteiger partial charge in [-0.05, 0) is 48.4 Å². The Kier molecular flexibility index (Phi) is 5.95. The average molecular weight is 437 g/mol. The van der Waals surface area contributed by atoms with Crippen molar-refractivity contribution in [1.82, 2.24) is 15.0 Å². The largest absolute Gasteiger partial charge is 0.368 e. The van der Waals surface area contributed by atoms with E-state index >= 15 is 4.39 Å². The minimum atomic E-state index is -0.727. The van der Waals surface area contributed by atoms with Gasteiger partial charge in [0.1, 0.15) is 12.4 Å². The summed E-state index contributed by atoms with van der Waals surface area (Å²) in [6.07, 6.45) is 5.38. The van der Waals surface area contributed by atoms with E-state index in [9.17, 15) is 4.79 Å². The number of benzene rings is 1. The minimum Gasteiger partial charge on any atom is -0.368 e. The number of hydrogen-bond acceptors (Lipinski definition) is 6. The van der Waals surface area contributed by atoms with Crippen molar-refractivity contribution in [2.45, 2.75) is 52.1 Å². The number of hydrogen-bond donors (Lipinski definition) is 2. The fourth-order valence-electron chi connectivity index (χ4n) is 4.33. The molecule has 3 heterocycles. The SMILES string of the molecule is CC(C)(C)CC(Nc1ncnc(N2CCCC2c2ccc3ncccc3c2)c1F)C(N)=O. The van der Waals surface area contributed by atoms with Gasteiger partial charge in [-0.25, -0.2) is 9.97 Å². The van der Waals surface area contributed by atoms with Gasteiger partial charge in [0, 0.05) is 18.1 Å². The van der Waals surface area contributed by atoms with Crippen molar-refractivity contribution in [1.29, 1.82) is 0 Å². The van der Waals surface area contributed by atoms with Gasteiger partial charge in [0.15, 0.2) is 11.6 Å². The molecule has 0 radical (unpaired) electrons. The molecule has 2 unspecified atom stereocenters. The van der Waals surface area contributed by atoms with Gasteiger partial charge < -0.3 is 16.0 Å². The molecular formula is C24H29FN6O. The molecule has 168 valence electrons. The predicted octanol–water partition coefficient (Wildman–Crippen LogP) is 4.21. The van der Waals surface area contributed by atoms with Crippen LogP contribution >= 0.6 is 0 Å². The fourth-order valence-corrected chi connectivity index (χ4v) is 4.33. The van der Waals surface area contributed by atoms with Crippen LogP contribution in [0.1, 0.15) is 51.6 Å². The van der Waals surface area contributed by atoms with Crippen LogP contribution in [-0.2, 0) is 4.79 Å². The quantitative estimate of drug-likeness (QED) is 0.601. The van der Waals surface area contributed by atoms with Crippen LogP contribution < -0.4 is 16.0 Å². The standard InChI is InChI=1S/C24H29FN6O/c1-24(2,3)13-18(21(26)32)30-22-20(25)23(29-14-28-22)31-11-5-7-19(31)16-8-9-17-15(12-16)6-4-10-27-17/h4,6,8-10,12,14,18-19H,5,7,11,13H2,1-3H3,(H2,26,32)(H,28,29,30). The van der Waals surface area contributed by atoms with Gasteiger partial charge in [0.2, 0.25) is 11.7 Å². The van der Waals surface area contributed by atoms with Gasteiger partial charge in [-0.3, -0.25) is 9.78 Å². The molecule has 0 bridgehead atoms. The van der Waals surface area contributed by atoms with Crippen molar-refractivity contribution in [2.24, 2.45) is 11.1 Å². The number of amides is 1. The van der Waals surface area contributed by atoms with Crippen molar-refractivity contribution >= 4 is 28.4 Å². The second-order valence-electron chi connectivity index (χ2n) is 9.53. The van der Waals surface area contributed by atoms with Crippen molar-refractivity contribution < 1.29 is 9.18 Å². The van der Waals surface area contributed by atoms with Gasteiger partial charge >= 0.3 is 0 Å². The number of nitrogens with one attached hydrogen (secondary N) is 1. The van der Waals surface area contributed by atoms with Crippen LogP contribution in [-0.4, -0.2) is 33.4 Å². The van der Waals surface area contributed by atoms with E-state index in [2.05, 4.69) is 26.3 Å². The summed E-state index contributed by atoms with van der Waals surface area (Å²) in [4.78, 5) is 26.6. The summed E-state index contributed by atoms with van der Waals surface area (Å²) < 4.78 is 15.5. The lowest BCUT2D eigenvalue weighted by atomic mass is 9.88. The normalized spacial score (nSPS) is 17.5. The molecule has 1 aliphatic rings. The second kappa shape index (κ2) is 8.68. The third kappa shape index (κ3) is 4.64. The summed E-state index contributed by atoms with van der Waals surface area (Å²) in [6.45, 7) is 6.69. The third-order valence-corrected chi connectivity index (χ3v) is 5.78. The monoisotopic (exact) mass is 436 g/mol. The molecule has 0 saturated carbocycles. The van der Waals surface area contributed by atoms with E-state index in [0.29, 0.717) is 13.0 Å². The van der Waals surface area contributed by atoms with Gasteiger partial charge in [-0.2, -0.15) is 4.39 Å². The lowest BCUT2D eigenvalue weighted by Gasteiger charge is -2.28. The first-order valence-electron chi connectivity index (χ1n) is 10.9. The zero-order valence-corrected chi connectivity index (χ0v) is 18.7.